The molecule has 0 aliphatic heterocycles. The molecule has 0 atom stereocenters. The third-order valence-electron chi connectivity index (χ3n) is 5.22. The highest BCUT2D eigenvalue weighted by Crippen LogP contribution is 2.35. The first-order chi connectivity index (χ1) is 16.2. The molecule has 0 radical (unpaired) electrons. The Labute approximate surface area is 207 Å². The molecule has 1 N–H and O–H groups in total. The van der Waals surface area contributed by atoms with Crippen molar-refractivity contribution >= 4 is 51.7 Å². The van der Waals surface area contributed by atoms with E-state index >= 15 is 0 Å². The highest BCUT2D eigenvalue weighted by Gasteiger charge is 2.24. The Balaban J connectivity index is 2.13. The van der Waals surface area contributed by atoms with Gasteiger partial charge in [-0.15, -0.1) is 5.10 Å². The summed E-state index contributed by atoms with van der Waals surface area (Å²) in [5.74, 6) is -0.642. The van der Waals surface area contributed by atoms with Crippen LogP contribution < -0.4 is 10.9 Å². The van der Waals surface area contributed by atoms with E-state index in [0.717, 1.165) is 4.57 Å². The van der Waals surface area contributed by atoms with Gasteiger partial charge in [0, 0.05) is 41.0 Å². The number of nitrogens with zero attached hydrogens (tertiary/aromatic N) is 3. The third kappa shape index (κ3) is 4.53. The molecule has 0 fully saturated rings. The van der Waals surface area contributed by atoms with Gasteiger partial charge in [0.25, 0.3) is 11.5 Å². The summed E-state index contributed by atoms with van der Waals surface area (Å²) >= 11 is 18.6. The van der Waals surface area contributed by atoms with Crippen molar-refractivity contribution in [2.45, 2.75) is 19.4 Å². The molecule has 0 saturated carbocycles. The van der Waals surface area contributed by atoms with Crippen LogP contribution in [0.4, 0.5) is 8.78 Å². The van der Waals surface area contributed by atoms with E-state index in [-0.39, 0.29) is 22.8 Å². The van der Waals surface area contributed by atoms with Crippen LogP contribution in [0.25, 0.3) is 28.0 Å². The molecule has 176 valence electrons. The van der Waals surface area contributed by atoms with Crippen LogP contribution in [0.1, 0.15) is 16.8 Å². The minimum atomic E-state index is -2.64. The van der Waals surface area contributed by atoms with Crippen molar-refractivity contribution in [3.63, 3.8) is 0 Å². The summed E-state index contributed by atoms with van der Waals surface area (Å²) < 4.78 is 28.7. The van der Waals surface area contributed by atoms with E-state index in [0.29, 0.717) is 32.4 Å². The normalized spacial score (nSPS) is 11.4. The van der Waals surface area contributed by atoms with Gasteiger partial charge in [0.05, 0.1) is 16.4 Å². The number of aromatic nitrogens is 3. The fourth-order valence-corrected chi connectivity index (χ4v) is 4.26. The highest BCUT2D eigenvalue weighted by molar-refractivity contribution is 6.35. The van der Waals surface area contributed by atoms with Crippen LogP contribution in [-0.4, -0.2) is 33.7 Å². The standard InChI is InChI=1S/C23H17Cl3F2N4O2/c1-29-22(33)16-11-15-20(12-2-4-13(24)5-3-12)32(18-7-6-14(25)10-17(18)26)30-21(15)31(23(16)34)9-8-19(27)28/h2-7,10-11,19H,8-9H2,1H3,(H,29,33). The molecule has 1 amide bonds. The van der Waals surface area contributed by atoms with Gasteiger partial charge in [-0.25, -0.2) is 13.5 Å². The number of alkyl halides is 2. The molecule has 0 saturated heterocycles. The first-order valence-corrected chi connectivity index (χ1v) is 11.2. The molecule has 4 aromatic rings. The first-order valence-electron chi connectivity index (χ1n) is 10.1. The lowest BCUT2D eigenvalue weighted by molar-refractivity contribution is 0.0961. The maximum absolute atomic E-state index is 13.1. The molecule has 2 aromatic carbocycles. The molecule has 6 nitrogen and oxygen atoms in total. The molecule has 2 aromatic heterocycles. The monoisotopic (exact) mass is 524 g/mol. The summed E-state index contributed by atoms with van der Waals surface area (Å²) in [5.41, 5.74) is 0.811. The second-order valence-electron chi connectivity index (χ2n) is 7.37. The van der Waals surface area contributed by atoms with Gasteiger partial charge < -0.3 is 5.32 Å². The molecule has 34 heavy (non-hydrogen) atoms. The minimum absolute atomic E-state index is 0.134. The SMILES string of the molecule is CNC(=O)c1cc2c(-c3ccc(Cl)cc3)n(-c3ccc(Cl)cc3Cl)nc2n(CCC(F)F)c1=O. The maximum Gasteiger partial charge on any atom is 0.265 e. The maximum atomic E-state index is 13.1. The lowest BCUT2D eigenvalue weighted by Gasteiger charge is -2.11. The Hall–Kier alpha value is -2.94. The van der Waals surface area contributed by atoms with E-state index in [1.54, 1.807) is 36.4 Å². The second-order valence-corrected chi connectivity index (χ2v) is 8.65. The number of carbonyl (C=O) groups is 1. The van der Waals surface area contributed by atoms with Crippen molar-refractivity contribution in [3.05, 3.63) is 79.5 Å². The molecular formula is C23H17Cl3F2N4O2. The van der Waals surface area contributed by atoms with Crippen LogP contribution in [0, 0.1) is 0 Å². The Kier molecular flexibility index (Phi) is 6.93. The van der Waals surface area contributed by atoms with E-state index in [1.165, 1.54) is 23.9 Å². The van der Waals surface area contributed by atoms with Crippen molar-refractivity contribution in [3.8, 4) is 16.9 Å². The van der Waals surface area contributed by atoms with Crippen molar-refractivity contribution in [1.29, 1.82) is 0 Å². The van der Waals surface area contributed by atoms with Crippen molar-refractivity contribution < 1.29 is 13.6 Å². The number of halogens is 5. The summed E-state index contributed by atoms with van der Waals surface area (Å²) in [5, 5.41) is 8.60. The smallest absolute Gasteiger partial charge is 0.265 e. The van der Waals surface area contributed by atoms with Crippen LogP contribution in [-0.2, 0) is 6.54 Å². The molecule has 2 heterocycles. The summed E-state index contributed by atoms with van der Waals surface area (Å²) in [6, 6.07) is 13.1. The summed E-state index contributed by atoms with van der Waals surface area (Å²) in [6.07, 6.45) is -3.23. The number of pyridine rings is 1. The fourth-order valence-electron chi connectivity index (χ4n) is 3.64. The molecule has 0 unspecified atom stereocenters. The Morgan fingerprint density at radius 3 is 2.35 bits per heavy atom. The number of amides is 1. The van der Waals surface area contributed by atoms with Gasteiger partial charge >= 0.3 is 0 Å². The molecule has 0 bridgehead atoms. The van der Waals surface area contributed by atoms with Gasteiger partial charge in [-0.1, -0.05) is 46.9 Å². The number of rotatable bonds is 6. The summed E-state index contributed by atoms with van der Waals surface area (Å²) in [7, 11) is 1.38. The average Bonchev–Trinajstić information content (AvgIpc) is 3.16. The number of aryl methyl sites for hydroxylation is 1. The number of hydrogen-bond donors (Lipinski definition) is 1. The zero-order valence-electron chi connectivity index (χ0n) is 17.7. The van der Waals surface area contributed by atoms with Gasteiger partial charge in [0.2, 0.25) is 6.43 Å². The van der Waals surface area contributed by atoms with Gasteiger partial charge in [-0.3, -0.25) is 14.2 Å². The van der Waals surface area contributed by atoms with Crippen molar-refractivity contribution in [1.82, 2.24) is 19.7 Å². The quantitative estimate of drug-likeness (QED) is 0.344. The van der Waals surface area contributed by atoms with Gasteiger partial charge in [-0.05, 0) is 36.4 Å². The van der Waals surface area contributed by atoms with E-state index in [1.807, 2.05) is 0 Å². The predicted molar refractivity (Wildman–Crippen MR) is 130 cm³/mol. The highest BCUT2D eigenvalue weighted by atomic mass is 35.5. The van der Waals surface area contributed by atoms with Crippen molar-refractivity contribution in [2.75, 3.05) is 7.05 Å². The van der Waals surface area contributed by atoms with Crippen LogP contribution in [0.2, 0.25) is 15.1 Å². The molecule has 0 aliphatic rings. The lowest BCUT2D eigenvalue weighted by atomic mass is 10.1. The first kappa shape index (κ1) is 24.2. The van der Waals surface area contributed by atoms with Crippen LogP contribution in [0.15, 0.2) is 53.3 Å². The van der Waals surface area contributed by atoms with Crippen LogP contribution in [0.5, 0.6) is 0 Å². The van der Waals surface area contributed by atoms with Crippen LogP contribution >= 0.6 is 34.8 Å². The fraction of sp³-hybridized carbons (Fsp3) is 0.174. The molecule has 4 rings (SSSR count). The zero-order valence-corrected chi connectivity index (χ0v) is 19.9. The third-order valence-corrected chi connectivity index (χ3v) is 6.01. The topological polar surface area (TPSA) is 68.9 Å². The Morgan fingerprint density at radius 2 is 1.74 bits per heavy atom. The molecular weight excluding hydrogens is 509 g/mol. The molecule has 0 spiro atoms. The predicted octanol–water partition coefficient (Wildman–Crippen LogP) is 5.83. The number of nitrogens with one attached hydrogen (secondary N) is 1. The van der Waals surface area contributed by atoms with E-state index in [4.69, 9.17) is 34.8 Å². The number of hydrogen-bond acceptors (Lipinski definition) is 3. The van der Waals surface area contributed by atoms with Gasteiger partial charge in [0.1, 0.15) is 5.56 Å². The van der Waals surface area contributed by atoms with E-state index in [2.05, 4.69) is 10.4 Å². The number of benzene rings is 2. The van der Waals surface area contributed by atoms with Crippen molar-refractivity contribution in [2.24, 2.45) is 0 Å². The van der Waals surface area contributed by atoms with Crippen LogP contribution in [0.3, 0.4) is 0 Å². The largest absolute Gasteiger partial charge is 0.355 e. The van der Waals surface area contributed by atoms with Gasteiger partial charge in [-0.2, -0.15) is 0 Å². The number of fused-ring (bicyclic) bond motifs is 1. The lowest BCUT2D eigenvalue weighted by Crippen LogP contribution is -2.32. The molecule has 0 aliphatic carbocycles. The van der Waals surface area contributed by atoms with E-state index in [9.17, 15) is 18.4 Å². The summed E-state index contributed by atoms with van der Waals surface area (Å²) in [6.45, 7) is -0.330. The van der Waals surface area contributed by atoms with E-state index < -0.39 is 24.3 Å². The second kappa shape index (κ2) is 9.74. The Bertz CT molecular complexity index is 1450. The summed E-state index contributed by atoms with van der Waals surface area (Å²) in [4.78, 5) is 25.6. The number of carbonyl (C=O) groups excluding carboxylic acids is 1. The minimum Gasteiger partial charge on any atom is -0.355 e. The zero-order chi connectivity index (χ0) is 24.6. The van der Waals surface area contributed by atoms with Gasteiger partial charge in [0.15, 0.2) is 5.65 Å². The Morgan fingerprint density at radius 1 is 1.06 bits per heavy atom. The average molecular weight is 526 g/mol. The molecule has 11 heteroatoms.